The average molecular weight is 736 g/mol. The van der Waals surface area contributed by atoms with Gasteiger partial charge in [0.25, 0.3) is 11.8 Å². The molecule has 2 saturated heterocycles. The number of anilines is 2. The van der Waals surface area contributed by atoms with Crippen molar-refractivity contribution < 1.29 is 43.5 Å². The monoisotopic (exact) mass is 735 g/mol. The molecule has 0 bridgehead atoms. The molecule has 2 aliphatic heterocycles. The van der Waals surface area contributed by atoms with Crippen LogP contribution in [0.2, 0.25) is 5.02 Å². The number of benzene rings is 4. The number of carbonyl (C=O) groups excluding carboxylic acids is 4. The van der Waals surface area contributed by atoms with Gasteiger partial charge in [0.1, 0.15) is 17.3 Å². The molecule has 3 fully saturated rings. The molecule has 8 rings (SSSR count). The number of nitrogens with one attached hydrogen (secondary N) is 1. The van der Waals surface area contributed by atoms with Gasteiger partial charge in [-0.05, 0) is 90.4 Å². The van der Waals surface area contributed by atoms with Crippen molar-refractivity contribution in [2.75, 3.05) is 17.4 Å². The van der Waals surface area contributed by atoms with Crippen molar-refractivity contribution in [3.05, 3.63) is 125 Å². The number of hydrogen-bond acceptors (Lipinski definition) is 9. The maximum absolute atomic E-state index is 15.3. The number of hydrogen-bond donors (Lipinski definition) is 4. The maximum atomic E-state index is 15.3. The second-order valence-corrected chi connectivity index (χ2v) is 14.2. The molecule has 11 nitrogen and oxygen atoms in total. The van der Waals surface area contributed by atoms with Gasteiger partial charge < -0.3 is 19.9 Å². The van der Waals surface area contributed by atoms with E-state index in [2.05, 4.69) is 5.43 Å². The Morgan fingerprint density at radius 3 is 2.32 bits per heavy atom. The van der Waals surface area contributed by atoms with Crippen molar-refractivity contribution in [1.29, 1.82) is 0 Å². The Bertz CT molecular complexity index is 2220. The van der Waals surface area contributed by atoms with E-state index in [-0.39, 0.29) is 46.7 Å². The minimum atomic E-state index is -1.83. The molecular weight excluding hydrogens is 704 g/mol. The second kappa shape index (κ2) is 12.9. The van der Waals surface area contributed by atoms with Crippen molar-refractivity contribution in [3.63, 3.8) is 0 Å². The maximum Gasteiger partial charge on any atom is 0.488 e. The summed E-state index contributed by atoms with van der Waals surface area (Å²) in [6.45, 7) is 0. The molecule has 0 radical (unpaired) electrons. The lowest BCUT2D eigenvalue weighted by molar-refractivity contribution is -0.138. The number of carbonyl (C=O) groups is 4. The van der Waals surface area contributed by atoms with Crippen LogP contribution >= 0.6 is 11.6 Å². The van der Waals surface area contributed by atoms with Crippen LogP contribution in [0.25, 0.3) is 0 Å². The second-order valence-electron chi connectivity index (χ2n) is 13.7. The Labute approximate surface area is 308 Å². The molecule has 4 amide bonds. The first-order chi connectivity index (χ1) is 25.5. The van der Waals surface area contributed by atoms with Crippen LogP contribution in [0.15, 0.2) is 103 Å². The highest BCUT2D eigenvalue weighted by atomic mass is 35.5. The number of ether oxygens (including phenoxy) is 1. The molecule has 268 valence electrons. The Morgan fingerprint density at radius 1 is 0.906 bits per heavy atom. The molecule has 4 aromatic rings. The van der Waals surface area contributed by atoms with E-state index in [0.717, 1.165) is 9.91 Å². The Hall–Kier alpha value is -5.50. The first kappa shape index (κ1) is 34.6. The molecule has 2 heterocycles. The number of amides is 4. The number of phenolic OH excluding ortho intramolecular Hbond substituents is 1. The van der Waals surface area contributed by atoms with Gasteiger partial charge in [-0.3, -0.25) is 29.5 Å². The molecule has 4 aromatic carbocycles. The highest BCUT2D eigenvalue weighted by Gasteiger charge is 2.71. The molecule has 14 heteroatoms. The van der Waals surface area contributed by atoms with E-state index in [1.807, 2.05) is 6.08 Å². The molecule has 4 N–H and O–H groups in total. The number of phenols is 1. The van der Waals surface area contributed by atoms with Crippen molar-refractivity contribution >= 4 is 59.2 Å². The average Bonchev–Trinajstić information content (AvgIpc) is 3.53. The van der Waals surface area contributed by atoms with Crippen molar-refractivity contribution in [2.24, 2.45) is 23.7 Å². The highest BCUT2D eigenvalue weighted by Crippen LogP contribution is 2.66. The smallest absolute Gasteiger partial charge is 0.488 e. The van der Waals surface area contributed by atoms with E-state index in [4.69, 9.17) is 16.3 Å². The number of halogens is 2. The molecule has 0 aromatic heterocycles. The van der Waals surface area contributed by atoms with Crippen molar-refractivity contribution in [2.45, 2.75) is 24.2 Å². The van der Waals surface area contributed by atoms with Crippen LogP contribution < -0.4 is 20.5 Å². The van der Waals surface area contributed by atoms with E-state index >= 15 is 4.79 Å². The van der Waals surface area contributed by atoms with Gasteiger partial charge >= 0.3 is 7.12 Å². The van der Waals surface area contributed by atoms with Gasteiger partial charge in [-0.15, -0.1) is 0 Å². The van der Waals surface area contributed by atoms with Crippen molar-refractivity contribution in [3.8, 4) is 11.5 Å². The lowest BCUT2D eigenvalue weighted by Gasteiger charge is -2.50. The third kappa shape index (κ3) is 5.17. The molecule has 6 unspecified atom stereocenters. The first-order valence-electron chi connectivity index (χ1n) is 17.0. The summed E-state index contributed by atoms with van der Waals surface area (Å²) in [5.74, 6) is -7.46. The molecule has 0 spiro atoms. The molecule has 4 aliphatic rings. The van der Waals surface area contributed by atoms with Crippen LogP contribution in [0.3, 0.4) is 0 Å². The Kier molecular flexibility index (Phi) is 8.40. The molecule has 53 heavy (non-hydrogen) atoms. The van der Waals surface area contributed by atoms with Crippen LogP contribution in [0.4, 0.5) is 15.8 Å². The fourth-order valence-electron chi connectivity index (χ4n) is 9.05. The van der Waals surface area contributed by atoms with Crippen LogP contribution in [-0.4, -0.2) is 58.0 Å². The fourth-order valence-corrected chi connectivity index (χ4v) is 9.17. The summed E-state index contributed by atoms with van der Waals surface area (Å²) in [6, 6.07) is 22.3. The number of aromatic hydroxyl groups is 1. The van der Waals surface area contributed by atoms with Gasteiger partial charge in [0.2, 0.25) is 11.8 Å². The van der Waals surface area contributed by atoms with Crippen molar-refractivity contribution in [1.82, 2.24) is 5.01 Å². The number of rotatable bonds is 7. The first-order valence-corrected chi connectivity index (χ1v) is 17.4. The summed E-state index contributed by atoms with van der Waals surface area (Å²) in [7, 11) is -0.404. The van der Waals surface area contributed by atoms with E-state index < -0.39 is 71.6 Å². The van der Waals surface area contributed by atoms with Crippen LogP contribution in [-0.2, 0) is 24.6 Å². The van der Waals surface area contributed by atoms with Gasteiger partial charge in [-0.1, -0.05) is 53.6 Å². The predicted octanol–water partition coefficient (Wildman–Crippen LogP) is 4.06. The topological polar surface area (TPSA) is 157 Å². The standard InChI is InChI=1S/C39H32BClFN3O8/c1-53-31-7-3-6-30(46)33(31)34-26-16-17-27-32(37(49)44(35(27)47)25-5-2-4-21(18-25)40(51)52)28(26)19-29-36(48)45(43-24-14-12-23(42)13-15-24)38(50)39(29,34)20-8-10-22(41)11-9-20/h2-16,18,27-29,32,34,43,46,51-52H,17,19H2,1H3. The molecular formula is C39H32BClFN3O8. The van der Waals surface area contributed by atoms with E-state index in [1.165, 1.54) is 61.7 Å². The number of allylic oxidation sites excluding steroid dienone is 2. The Morgan fingerprint density at radius 2 is 1.62 bits per heavy atom. The zero-order valence-electron chi connectivity index (χ0n) is 28.1. The highest BCUT2D eigenvalue weighted by molar-refractivity contribution is 6.58. The summed E-state index contributed by atoms with van der Waals surface area (Å²) in [6.07, 6.45) is 1.94. The van der Waals surface area contributed by atoms with Gasteiger partial charge in [-0.2, -0.15) is 5.01 Å². The van der Waals surface area contributed by atoms with E-state index in [0.29, 0.717) is 16.2 Å². The molecule has 6 atom stereocenters. The summed E-state index contributed by atoms with van der Waals surface area (Å²) in [5, 5.41) is 32.6. The summed E-state index contributed by atoms with van der Waals surface area (Å²) < 4.78 is 19.7. The minimum absolute atomic E-state index is 0.0174. The van der Waals surface area contributed by atoms with Crippen LogP contribution in [0, 0.1) is 29.5 Å². The lowest BCUT2D eigenvalue weighted by atomic mass is 9.49. The van der Waals surface area contributed by atoms with Crippen LogP contribution in [0.1, 0.15) is 29.9 Å². The minimum Gasteiger partial charge on any atom is -0.508 e. The normalized spacial score (nSPS) is 26.2. The molecule has 1 saturated carbocycles. The number of hydrazine groups is 1. The predicted molar refractivity (Wildman–Crippen MR) is 192 cm³/mol. The Balaban J connectivity index is 1.34. The van der Waals surface area contributed by atoms with Gasteiger partial charge in [0, 0.05) is 16.5 Å². The summed E-state index contributed by atoms with van der Waals surface area (Å²) in [5.41, 5.74) is 2.96. The number of nitrogens with zero attached hydrogens (tertiary/aromatic N) is 2. The largest absolute Gasteiger partial charge is 0.508 e. The number of fused-ring (bicyclic) bond motifs is 4. The third-order valence-electron chi connectivity index (χ3n) is 11.2. The molecule has 2 aliphatic carbocycles. The quantitative estimate of drug-likeness (QED) is 0.125. The van der Waals surface area contributed by atoms with E-state index in [1.54, 1.807) is 36.4 Å². The zero-order valence-corrected chi connectivity index (χ0v) is 28.9. The fraction of sp³-hybridized carbons (Fsp3) is 0.231. The summed E-state index contributed by atoms with van der Waals surface area (Å²) >= 11 is 6.35. The summed E-state index contributed by atoms with van der Waals surface area (Å²) in [4.78, 5) is 59.7. The zero-order chi connectivity index (χ0) is 37.3. The SMILES string of the molecule is COc1cccc(O)c1C1C2=CCC3C(=O)N(c4cccc(B(O)O)c4)C(=O)C3C2CC2C(=O)N(Nc3ccc(F)cc3)C(=O)C21c1ccc(Cl)cc1. The van der Waals surface area contributed by atoms with Gasteiger partial charge in [0.15, 0.2) is 0 Å². The van der Waals surface area contributed by atoms with Gasteiger partial charge in [0.05, 0.1) is 41.7 Å². The van der Waals surface area contributed by atoms with Crippen LogP contribution in [0.5, 0.6) is 11.5 Å². The third-order valence-corrected chi connectivity index (χ3v) is 11.5. The van der Waals surface area contributed by atoms with Gasteiger partial charge in [-0.25, -0.2) is 4.39 Å². The lowest BCUT2D eigenvalue weighted by Crippen LogP contribution is -2.53. The number of methoxy groups -OCH3 is 1. The number of imide groups is 2. The van der Waals surface area contributed by atoms with E-state index in [9.17, 15) is 33.9 Å².